The highest BCUT2D eigenvalue weighted by atomic mass is 35.5. The normalized spacial score (nSPS) is 11.0. The Morgan fingerprint density at radius 3 is 2.63 bits per heavy atom. The van der Waals surface area contributed by atoms with Crippen LogP contribution in [0.3, 0.4) is 0 Å². The second-order valence-corrected chi connectivity index (χ2v) is 8.37. The van der Waals surface area contributed by atoms with E-state index >= 15 is 0 Å². The Hall–Kier alpha value is -2.76. The number of imidazole rings is 1. The average molecular weight is 436 g/mol. The maximum absolute atomic E-state index is 12.5. The number of aromatic nitrogens is 2. The minimum absolute atomic E-state index is 0.0432. The van der Waals surface area contributed by atoms with Gasteiger partial charge in [-0.05, 0) is 53.9 Å². The Morgan fingerprint density at radius 2 is 1.83 bits per heavy atom. The summed E-state index contributed by atoms with van der Waals surface area (Å²) in [6, 6.07) is 23.8. The Morgan fingerprint density at radius 1 is 1.03 bits per heavy atom. The lowest BCUT2D eigenvalue weighted by Crippen LogP contribution is -2.14. The number of rotatable bonds is 7. The van der Waals surface area contributed by atoms with E-state index in [1.54, 1.807) is 0 Å². The Bertz CT molecular complexity index is 1170. The molecule has 30 heavy (non-hydrogen) atoms. The van der Waals surface area contributed by atoms with Crippen LogP contribution in [0, 0.1) is 0 Å². The van der Waals surface area contributed by atoms with E-state index in [-0.39, 0.29) is 5.91 Å². The number of fused-ring (bicyclic) bond motifs is 1. The van der Waals surface area contributed by atoms with E-state index in [1.807, 2.05) is 60.7 Å². The van der Waals surface area contributed by atoms with Crippen molar-refractivity contribution in [2.45, 2.75) is 25.0 Å². The van der Waals surface area contributed by atoms with Crippen LogP contribution in [0.5, 0.6) is 0 Å². The van der Waals surface area contributed by atoms with Crippen molar-refractivity contribution in [2.24, 2.45) is 0 Å². The monoisotopic (exact) mass is 435 g/mol. The summed E-state index contributed by atoms with van der Waals surface area (Å²) in [6.45, 7) is 2.77. The van der Waals surface area contributed by atoms with Gasteiger partial charge in [0.15, 0.2) is 5.16 Å². The fraction of sp³-hybridized carbons (Fsp3) is 0.167. The summed E-state index contributed by atoms with van der Waals surface area (Å²) >= 11 is 7.47. The van der Waals surface area contributed by atoms with Gasteiger partial charge in [-0.25, -0.2) is 4.98 Å². The molecule has 0 bridgehead atoms. The highest BCUT2D eigenvalue weighted by Crippen LogP contribution is 2.26. The number of aryl methyl sites for hydroxylation is 1. The number of nitrogens with one attached hydrogen (secondary N) is 1. The molecular formula is C24H22ClN3OS. The molecule has 0 saturated carbocycles. The van der Waals surface area contributed by atoms with Gasteiger partial charge in [0.1, 0.15) is 0 Å². The Kier molecular flexibility index (Phi) is 6.41. The molecule has 4 aromatic rings. The van der Waals surface area contributed by atoms with Crippen molar-refractivity contribution in [3.63, 3.8) is 0 Å². The van der Waals surface area contributed by atoms with E-state index in [0.717, 1.165) is 33.9 Å². The molecule has 1 aromatic heterocycles. The topological polar surface area (TPSA) is 46.9 Å². The van der Waals surface area contributed by atoms with E-state index < -0.39 is 0 Å². The summed E-state index contributed by atoms with van der Waals surface area (Å²) in [5.41, 5.74) is 5.13. The molecule has 0 radical (unpaired) electrons. The van der Waals surface area contributed by atoms with Gasteiger partial charge >= 0.3 is 0 Å². The second kappa shape index (κ2) is 9.37. The lowest BCUT2D eigenvalue weighted by molar-refractivity contribution is -0.113. The van der Waals surface area contributed by atoms with Crippen LogP contribution < -0.4 is 5.32 Å². The van der Waals surface area contributed by atoms with E-state index in [1.165, 1.54) is 17.3 Å². The minimum atomic E-state index is -0.0432. The van der Waals surface area contributed by atoms with E-state index in [9.17, 15) is 4.79 Å². The largest absolute Gasteiger partial charge is 0.325 e. The second-order valence-electron chi connectivity index (χ2n) is 6.99. The molecule has 0 aliphatic carbocycles. The van der Waals surface area contributed by atoms with E-state index in [2.05, 4.69) is 28.9 Å². The van der Waals surface area contributed by atoms with Gasteiger partial charge < -0.3 is 9.88 Å². The molecule has 1 amide bonds. The number of thioether (sulfide) groups is 1. The van der Waals surface area contributed by atoms with Gasteiger partial charge in [-0.1, -0.05) is 66.7 Å². The molecule has 6 heteroatoms. The zero-order chi connectivity index (χ0) is 20.9. The van der Waals surface area contributed by atoms with Gasteiger partial charge in [-0.3, -0.25) is 4.79 Å². The molecule has 0 fully saturated rings. The van der Waals surface area contributed by atoms with Gasteiger partial charge in [-0.2, -0.15) is 0 Å². The average Bonchev–Trinajstić information content (AvgIpc) is 3.11. The van der Waals surface area contributed by atoms with E-state index in [0.29, 0.717) is 17.3 Å². The zero-order valence-corrected chi connectivity index (χ0v) is 18.2. The van der Waals surface area contributed by atoms with Crippen molar-refractivity contribution in [3.8, 4) is 0 Å². The number of hydrogen-bond donors (Lipinski definition) is 1. The van der Waals surface area contributed by atoms with Crippen molar-refractivity contribution in [3.05, 3.63) is 88.9 Å². The molecule has 0 aliphatic heterocycles. The molecule has 0 unspecified atom stereocenters. The summed E-state index contributed by atoms with van der Waals surface area (Å²) in [4.78, 5) is 17.3. The molecule has 0 atom stereocenters. The Labute approximate surface area is 185 Å². The predicted molar refractivity (Wildman–Crippen MR) is 125 cm³/mol. The summed E-state index contributed by atoms with van der Waals surface area (Å²) in [7, 11) is 0. The number of para-hydroxylation sites is 2. The molecule has 0 spiro atoms. The maximum Gasteiger partial charge on any atom is 0.234 e. The fourth-order valence-corrected chi connectivity index (χ4v) is 4.22. The van der Waals surface area contributed by atoms with Gasteiger partial charge in [0, 0.05) is 10.7 Å². The molecule has 3 aromatic carbocycles. The highest BCUT2D eigenvalue weighted by molar-refractivity contribution is 7.99. The minimum Gasteiger partial charge on any atom is -0.325 e. The Balaban J connectivity index is 1.51. The van der Waals surface area contributed by atoms with Crippen LogP contribution in [0.25, 0.3) is 11.0 Å². The summed E-state index contributed by atoms with van der Waals surface area (Å²) in [6.07, 6.45) is 0.938. The lowest BCUT2D eigenvalue weighted by Gasteiger charge is -2.10. The smallest absolute Gasteiger partial charge is 0.234 e. The number of hydrogen-bond acceptors (Lipinski definition) is 3. The van der Waals surface area contributed by atoms with Gasteiger partial charge in [0.2, 0.25) is 5.91 Å². The SMILES string of the molecule is CCc1cccc(NC(=O)CSc2nc3ccccc3n2Cc2ccc(Cl)cc2)c1. The quantitative estimate of drug-likeness (QED) is 0.360. The molecular weight excluding hydrogens is 414 g/mol. The van der Waals surface area contributed by atoms with Crippen molar-refractivity contribution in [1.82, 2.24) is 9.55 Å². The van der Waals surface area contributed by atoms with Crippen LogP contribution in [0.2, 0.25) is 5.02 Å². The third-order valence-corrected chi connectivity index (χ3v) is 6.05. The molecule has 4 rings (SSSR count). The van der Waals surface area contributed by atoms with Crippen LogP contribution in [-0.4, -0.2) is 21.2 Å². The first kappa shape index (κ1) is 20.5. The predicted octanol–water partition coefficient (Wildman–Crippen LogP) is 6.03. The van der Waals surface area contributed by atoms with Crippen molar-refractivity contribution in [2.75, 3.05) is 11.1 Å². The van der Waals surface area contributed by atoms with Crippen LogP contribution in [0.15, 0.2) is 78.0 Å². The zero-order valence-electron chi connectivity index (χ0n) is 16.6. The van der Waals surface area contributed by atoms with Crippen molar-refractivity contribution >= 4 is 46.0 Å². The lowest BCUT2D eigenvalue weighted by atomic mass is 10.1. The van der Waals surface area contributed by atoms with Crippen LogP contribution in [0.1, 0.15) is 18.1 Å². The fourth-order valence-electron chi connectivity index (χ4n) is 3.28. The standard InChI is InChI=1S/C24H22ClN3OS/c1-2-17-6-5-7-20(14-17)26-23(29)16-30-24-27-21-8-3-4-9-22(21)28(24)15-18-10-12-19(25)13-11-18/h3-14H,2,15-16H2,1H3,(H,26,29). The number of carbonyl (C=O) groups is 1. The summed E-state index contributed by atoms with van der Waals surface area (Å²) < 4.78 is 2.15. The first-order valence-electron chi connectivity index (χ1n) is 9.83. The first-order valence-corrected chi connectivity index (χ1v) is 11.2. The molecule has 4 nitrogen and oxygen atoms in total. The van der Waals surface area contributed by atoms with Gasteiger partial charge in [0.05, 0.1) is 23.3 Å². The third kappa shape index (κ3) is 4.86. The number of halogens is 1. The molecule has 1 N–H and O–H groups in total. The van der Waals surface area contributed by atoms with Crippen molar-refractivity contribution < 1.29 is 4.79 Å². The first-order chi connectivity index (χ1) is 14.6. The van der Waals surface area contributed by atoms with Crippen LogP contribution >= 0.6 is 23.4 Å². The molecule has 152 valence electrons. The number of amides is 1. The van der Waals surface area contributed by atoms with Gasteiger partial charge in [0.25, 0.3) is 0 Å². The van der Waals surface area contributed by atoms with E-state index in [4.69, 9.17) is 16.6 Å². The third-order valence-electron chi connectivity index (χ3n) is 4.82. The number of carbonyl (C=O) groups excluding carboxylic acids is 1. The number of nitrogens with zero attached hydrogens (tertiary/aromatic N) is 2. The molecule has 0 aliphatic rings. The summed E-state index contributed by atoms with van der Waals surface area (Å²) in [5.74, 6) is 0.249. The summed E-state index contributed by atoms with van der Waals surface area (Å²) in [5, 5.41) is 4.52. The molecule has 1 heterocycles. The maximum atomic E-state index is 12.5. The van der Waals surface area contributed by atoms with Gasteiger partial charge in [-0.15, -0.1) is 0 Å². The number of anilines is 1. The number of benzene rings is 3. The van der Waals surface area contributed by atoms with Crippen LogP contribution in [-0.2, 0) is 17.8 Å². The highest BCUT2D eigenvalue weighted by Gasteiger charge is 2.13. The van der Waals surface area contributed by atoms with Crippen molar-refractivity contribution in [1.29, 1.82) is 0 Å². The van der Waals surface area contributed by atoms with Crippen LogP contribution in [0.4, 0.5) is 5.69 Å². The molecule has 0 saturated heterocycles.